The highest BCUT2D eigenvalue weighted by atomic mass is 35.5. The van der Waals surface area contributed by atoms with Gasteiger partial charge in [0, 0.05) is 31.6 Å². The number of rotatable bonds is 2. The van der Waals surface area contributed by atoms with Gasteiger partial charge in [-0.3, -0.25) is 4.79 Å². The molecule has 3 aliphatic rings. The van der Waals surface area contributed by atoms with Crippen LogP contribution in [0.4, 0.5) is 4.79 Å². The number of hydrogen-bond donors (Lipinski definition) is 0. The van der Waals surface area contributed by atoms with E-state index < -0.39 is 5.60 Å². The van der Waals surface area contributed by atoms with Crippen LogP contribution in [-0.2, 0) is 9.53 Å². The summed E-state index contributed by atoms with van der Waals surface area (Å²) in [5.74, 6) is 0.643. The van der Waals surface area contributed by atoms with Gasteiger partial charge in [0.25, 0.3) is 0 Å². The number of amides is 2. The molecule has 0 aromatic rings. The zero-order valence-electron chi connectivity index (χ0n) is 14.3. The van der Waals surface area contributed by atoms with Crippen LogP contribution in [-0.4, -0.2) is 58.0 Å². The molecule has 0 N–H and O–H groups in total. The third-order valence-corrected chi connectivity index (χ3v) is 5.37. The summed E-state index contributed by atoms with van der Waals surface area (Å²) in [5.41, 5.74) is -0.454. The number of alkyl halides is 1. The van der Waals surface area contributed by atoms with E-state index in [4.69, 9.17) is 16.3 Å². The SMILES string of the molecule is CC(C)(C)OC(=O)N1[C@@H]2CC[C@H]1CC(CN1CC(Cl)CC1=O)C2. The zero-order valence-corrected chi connectivity index (χ0v) is 15.0. The van der Waals surface area contributed by atoms with Gasteiger partial charge in [0.2, 0.25) is 5.91 Å². The van der Waals surface area contributed by atoms with Gasteiger partial charge < -0.3 is 14.5 Å². The lowest BCUT2D eigenvalue weighted by Gasteiger charge is -2.40. The summed E-state index contributed by atoms with van der Waals surface area (Å²) in [7, 11) is 0. The van der Waals surface area contributed by atoms with E-state index in [2.05, 4.69) is 0 Å². The predicted octanol–water partition coefficient (Wildman–Crippen LogP) is 3.00. The fourth-order valence-corrected chi connectivity index (χ4v) is 4.56. The summed E-state index contributed by atoms with van der Waals surface area (Å²) in [6.45, 7) is 7.17. The predicted molar refractivity (Wildman–Crippen MR) is 88.4 cm³/mol. The van der Waals surface area contributed by atoms with E-state index in [-0.39, 0.29) is 29.5 Å². The van der Waals surface area contributed by atoms with Gasteiger partial charge >= 0.3 is 6.09 Å². The molecule has 0 aromatic heterocycles. The molecule has 2 amide bonds. The van der Waals surface area contributed by atoms with Crippen LogP contribution in [0.2, 0.25) is 0 Å². The van der Waals surface area contributed by atoms with Crippen molar-refractivity contribution in [1.29, 1.82) is 0 Å². The molecule has 3 rings (SSSR count). The van der Waals surface area contributed by atoms with Gasteiger partial charge in [0.05, 0.1) is 5.38 Å². The van der Waals surface area contributed by atoms with Crippen LogP contribution >= 0.6 is 11.6 Å². The molecule has 3 fully saturated rings. The maximum Gasteiger partial charge on any atom is 0.410 e. The van der Waals surface area contributed by atoms with Crippen LogP contribution in [0.15, 0.2) is 0 Å². The average molecular weight is 343 g/mol. The number of hydrogen-bond acceptors (Lipinski definition) is 3. The minimum Gasteiger partial charge on any atom is -0.444 e. The molecule has 0 saturated carbocycles. The number of ether oxygens (including phenoxy) is 1. The Morgan fingerprint density at radius 3 is 2.35 bits per heavy atom. The molecular formula is C17H27ClN2O3. The number of nitrogens with zero attached hydrogens (tertiary/aromatic N) is 2. The minimum absolute atomic E-state index is 0.0407. The van der Waals surface area contributed by atoms with Gasteiger partial charge in [0.1, 0.15) is 5.60 Å². The van der Waals surface area contributed by atoms with Crippen molar-refractivity contribution in [1.82, 2.24) is 9.80 Å². The summed E-state index contributed by atoms with van der Waals surface area (Å²) in [6.07, 6.45) is 4.31. The largest absolute Gasteiger partial charge is 0.444 e. The number of carbonyl (C=O) groups is 2. The highest BCUT2D eigenvalue weighted by Crippen LogP contribution is 2.40. The van der Waals surface area contributed by atoms with Gasteiger partial charge in [-0.15, -0.1) is 11.6 Å². The third-order valence-electron chi connectivity index (χ3n) is 5.08. The zero-order chi connectivity index (χ0) is 16.8. The van der Waals surface area contributed by atoms with Crippen LogP contribution in [0.1, 0.15) is 52.9 Å². The van der Waals surface area contributed by atoms with E-state index in [0.29, 0.717) is 18.9 Å². The van der Waals surface area contributed by atoms with Crippen molar-refractivity contribution in [2.24, 2.45) is 5.92 Å². The molecule has 23 heavy (non-hydrogen) atoms. The molecular weight excluding hydrogens is 316 g/mol. The van der Waals surface area contributed by atoms with Crippen LogP contribution in [0.5, 0.6) is 0 Å². The molecule has 0 aliphatic carbocycles. The summed E-state index contributed by atoms with van der Waals surface area (Å²) in [6, 6.07) is 0.524. The van der Waals surface area contributed by atoms with E-state index in [0.717, 1.165) is 32.2 Å². The fourth-order valence-electron chi connectivity index (χ4n) is 4.26. The number of fused-ring (bicyclic) bond motifs is 2. The van der Waals surface area contributed by atoms with Crippen molar-refractivity contribution < 1.29 is 14.3 Å². The second-order valence-electron chi connectivity index (χ2n) is 8.21. The van der Waals surface area contributed by atoms with Crippen molar-refractivity contribution in [3.05, 3.63) is 0 Å². The molecule has 0 radical (unpaired) electrons. The lowest BCUT2D eigenvalue weighted by atomic mass is 9.90. The van der Waals surface area contributed by atoms with Gasteiger partial charge in [-0.25, -0.2) is 4.79 Å². The van der Waals surface area contributed by atoms with E-state index in [1.807, 2.05) is 30.6 Å². The maximum absolute atomic E-state index is 12.4. The molecule has 2 unspecified atom stereocenters. The topological polar surface area (TPSA) is 49.9 Å². The number of halogens is 1. The Bertz CT molecular complexity index is 477. The maximum atomic E-state index is 12.4. The molecule has 5 nitrogen and oxygen atoms in total. The first-order valence-corrected chi connectivity index (χ1v) is 9.10. The first kappa shape index (κ1) is 16.9. The quantitative estimate of drug-likeness (QED) is 0.725. The first-order valence-electron chi connectivity index (χ1n) is 8.66. The monoisotopic (exact) mass is 342 g/mol. The molecule has 6 heteroatoms. The van der Waals surface area contributed by atoms with Crippen molar-refractivity contribution in [2.45, 2.75) is 75.9 Å². The van der Waals surface area contributed by atoms with E-state index >= 15 is 0 Å². The van der Waals surface area contributed by atoms with Crippen molar-refractivity contribution >= 4 is 23.6 Å². The Morgan fingerprint density at radius 2 is 1.87 bits per heavy atom. The average Bonchev–Trinajstić information content (AvgIpc) is 2.85. The van der Waals surface area contributed by atoms with Gasteiger partial charge in [-0.05, 0) is 52.4 Å². The Labute approximate surface area is 143 Å². The standard InChI is InChI=1S/C17H27ClN2O3/c1-17(2,3)23-16(22)20-13-4-5-14(20)7-11(6-13)9-19-10-12(18)8-15(19)21/h11-14H,4-10H2,1-3H3/t11?,12?,13-,14+. The summed E-state index contributed by atoms with van der Waals surface area (Å²) >= 11 is 6.08. The van der Waals surface area contributed by atoms with Crippen molar-refractivity contribution in [3.63, 3.8) is 0 Å². The third kappa shape index (κ3) is 3.76. The molecule has 3 aliphatic heterocycles. The molecule has 3 saturated heterocycles. The smallest absolute Gasteiger partial charge is 0.410 e. The number of piperidine rings is 1. The Balaban J connectivity index is 1.59. The molecule has 2 bridgehead atoms. The van der Waals surface area contributed by atoms with E-state index in [9.17, 15) is 9.59 Å². The second-order valence-corrected chi connectivity index (χ2v) is 8.83. The minimum atomic E-state index is -0.454. The summed E-state index contributed by atoms with van der Waals surface area (Å²) in [5, 5.41) is -0.0407. The van der Waals surface area contributed by atoms with Crippen molar-refractivity contribution in [3.8, 4) is 0 Å². The van der Waals surface area contributed by atoms with Gasteiger partial charge in [-0.1, -0.05) is 0 Å². The lowest BCUT2D eigenvalue weighted by molar-refractivity contribution is -0.128. The summed E-state index contributed by atoms with van der Waals surface area (Å²) in [4.78, 5) is 28.2. The molecule has 0 aromatic carbocycles. The van der Waals surface area contributed by atoms with Crippen LogP contribution in [0.25, 0.3) is 0 Å². The Kier molecular flexibility index (Phi) is 4.51. The fraction of sp³-hybridized carbons (Fsp3) is 0.882. The first-order chi connectivity index (χ1) is 10.7. The van der Waals surface area contributed by atoms with E-state index in [1.54, 1.807) is 0 Å². The highest BCUT2D eigenvalue weighted by Gasteiger charge is 2.45. The van der Waals surface area contributed by atoms with E-state index in [1.165, 1.54) is 0 Å². The van der Waals surface area contributed by atoms with Gasteiger partial charge in [0.15, 0.2) is 0 Å². The number of likely N-dealkylation sites (tertiary alicyclic amines) is 1. The molecule has 130 valence electrons. The van der Waals surface area contributed by atoms with Gasteiger partial charge in [-0.2, -0.15) is 0 Å². The summed E-state index contributed by atoms with van der Waals surface area (Å²) < 4.78 is 5.56. The number of carbonyl (C=O) groups excluding carboxylic acids is 2. The second kappa shape index (κ2) is 6.15. The van der Waals surface area contributed by atoms with Crippen molar-refractivity contribution in [2.75, 3.05) is 13.1 Å². The van der Waals surface area contributed by atoms with Crippen LogP contribution in [0.3, 0.4) is 0 Å². The lowest BCUT2D eigenvalue weighted by Crippen LogP contribution is -2.50. The molecule has 4 atom stereocenters. The van der Waals surface area contributed by atoms with Crippen LogP contribution < -0.4 is 0 Å². The normalized spacial score (nSPS) is 34.2. The van der Waals surface area contributed by atoms with Crippen LogP contribution in [0, 0.1) is 5.92 Å². The molecule has 3 heterocycles. The molecule has 0 spiro atoms. The Morgan fingerprint density at radius 1 is 1.26 bits per heavy atom. The Hall–Kier alpha value is -0.970. The highest BCUT2D eigenvalue weighted by molar-refractivity contribution is 6.22.